The van der Waals surface area contributed by atoms with Gasteiger partial charge in [0, 0.05) is 24.8 Å². The van der Waals surface area contributed by atoms with Crippen molar-refractivity contribution in [2.24, 2.45) is 5.73 Å². The van der Waals surface area contributed by atoms with Crippen LogP contribution in [0.1, 0.15) is 35.6 Å². The van der Waals surface area contributed by atoms with E-state index >= 15 is 0 Å². The van der Waals surface area contributed by atoms with E-state index < -0.39 is 0 Å². The topological polar surface area (TPSA) is 49.5 Å². The van der Waals surface area contributed by atoms with Gasteiger partial charge >= 0.3 is 0 Å². The fraction of sp³-hybridized carbons (Fsp3) is 0.333. The first-order chi connectivity index (χ1) is 10.3. The van der Waals surface area contributed by atoms with Gasteiger partial charge in [-0.1, -0.05) is 42.5 Å². The number of rotatable bonds is 3. The van der Waals surface area contributed by atoms with Gasteiger partial charge in [-0.2, -0.15) is 0 Å². The second-order valence-electron chi connectivity index (χ2n) is 5.70. The molecule has 0 fully saturated rings. The van der Waals surface area contributed by atoms with E-state index in [4.69, 9.17) is 10.8 Å². The molecule has 3 heteroatoms. The van der Waals surface area contributed by atoms with Crippen molar-refractivity contribution in [3.05, 3.63) is 65.2 Å². The average molecular weight is 282 g/mol. The Morgan fingerprint density at radius 1 is 1.05 bits per heavy atom. The quantitative estimate of drug-likeness (QED) is 0.910. The molecule has 3 nitrogen and oxygen atoms in total. The van der Waals surface area contributed by atoms with Crippen molar-refractivity contribution < 1.29 is 5.11 Å². The summed E-state index contributed by atoms with van der Waals surface area (Å²) in [5, 5.41) is 9.12. The summed E-state index contributed by atoms with van der Waals surface area (Å²) < 4.78 is 0. The van der Waals surface area contributed by atoms with Gasteiger partial charge < -0.3 is 15.7 Å². The Balaban J connectivity index is 1.85. The first-order valence-corrected chi connectivity index (χ1v) is 7.56. The molecule has 3 N–H and O–H groups in total. The summed E-state index contributed by atoms with van der Waals surface area (Å²) in [5.74, 6) is 0. The lowest BCUT2D eigenvalue weighted by Gasteiger charge is -2.25. The third-order valence-electron chi connectivity index (χ3n) is 4.20. The molecule has 0 saturated carbocycles. The van der Waals surface area contributed by atoms with Crippen LogP contribution in [0.5, 0.6) is 0 Å². The predicted octanol–water partition coefficient (Wildman–Crippen LogP) is 2.98. The van der Waals surface area contributed by atoms with Crippen molar-refractivity contribution >= 4 is 5.69 Å². The summed E-state index contributed by atoms with van der Waals surface area (Å²) in [4.78, 5) is 2.41. The third-order valence-corrected chi connectivity index (χ3v) is 4.20. The molecule has 1 unspecified atom stereocenters. The first-order valence-electron chi connectivity index (χ1n) is 7.56. The van der Waals surface area contributed by atoms with Crippen LogP contribution in [0, 0.1) is 0 Å². The molecule has 2 aromatic carbocycles. The van der Waals surface area contributed by atoms with E-state index in [9.17, 15) is 0 Å². The smallest absolute Gasteiger partial charge is 0.0681 e. The standard InChI is InChI=1S/C18H22N2O/c19-17-5-3-11-20(18-6-2-1-4-16(17)18)12-14-7-9-15(13-21)10-8-14/h1-2,4,6-10,17,21H,3,5,11-13,19H2. The molecule has 0 amide bonds. The van der Waals surface area contributed by atoms with Gasteiger partial charge in [0.05, 0.1) is 6.61 Å². The third kappa shape index (κ3) is 3.09. The molecule has 0 bridgehead atoms. The summed E-state index contributed by atoms with van der Waals surface area (Å²) in [5.41, 5.74) is 11.0. The molecule has 110 valence electrons. The van der Waals surface area contributed by atoms with Crippen LogP contribution in [0.2, 0.25) is 0 Å². The van der Waals surface area contributed by atoms with Crippen LogP contribution in [0.15, 0.2) is 48.5 Å². The minimum atomic E-state index is 0.0989. The van der Waals surface area contributed by atoms with Crippen molar-refractivity contribution in [3.8, 4) is 0 Å². The number of benzene rings is 2. The maximum Gasteiger partial charge on any atom is 0.0681 e. The molecule has 1 aliphatic heterocycles. The zero-order chi connectivity index (χ0) is 14.7. The van der Waals surface area contributed by atoms with E-state index in [1.165, 1.54) is 16.8 Å². The molecule has 1 atom stereocenters. The van der Waals surface area contributed by atoms with Crippen LogP contribution in [0.4, 0.5) is 5.69 Å². The maximum absolute atomic E-state index is 9.12. The number of nitrogens with zero attached hydrogens (tertiary/aromatic N) is 1. The number of nitrogens with two attached hydrogens (primary N) is 1. The molecule has 0 saturated heterocycles. The number of hydrogen-bond donors (Lipinski definition) is 2. The van der Waals surface area contributed by atoms with E-state index in [1.807, 2.05) is 12.1 Å². The van der Waals surface area contributed by atoms with Gasteiger partial charge in [-0.05, 0) is 35.6 Å². The highest BCUT2D eigenvalue weighted by atomic mass is 16.3. The highest BCUT2D eigenvalue weighted by Crippen LogP contribution is 2.32. The number of aliphatic hydroxyl groups is 1. The monoisotopic (exact) mass is 282 g/mol. The van der Waals surface area contributed by atoms with E-state index in [0.717, 1.165) is 31.5 Å². The highest BCUT2D eigenvalue weighted by Gasteiger charge is 2.19. The fourth-order valence-electron chi connectivity index (χ4n) is 3.00. The number of hydrogen-bond acceptors (Lipinski definition) is 3. The zero-order valence-corrected chi connectivity index (χ0v) is 12.2. The van der Waals surface area contributed by atoms with Crippen molar-refractivity contribution in [2.45, 2.75) is 32.0 Å². The van der Waals surface area contributed by atoms with E-state index in [1.54, 1.807) is 0 Å². The van der Waals surface area contributed by atoms with Crippen molar-refractivity contribution in [1.82, 2.24) is 0 Å². The van der Waals surface area contributed by atoms with Crippen LogP contribution in [0.25, 0.3) is 0 Å². The molecule has 21 heavy (non-hydrogen) atoms. The summed E-state index contributed by atoms with van der Waals surface area (Å²) in [7, 11) is 0. The fourth-order valence-corrected chi connectivity index (χ4v) is 3.00. The van der Waals surface area contributed by atoms with Gasteiger partial charge in [0.2, 0.25) is 0 Å². The van der Waals surface area contributed by atoms with E-state index in [2.05, 4.69) is 41.3 Å². The lowest BCUT2D eigenvalue weighted by Crippen LogP contribution is -2.23. The number of aliphatic hydroxyl groups excluding tert-OH is 1. The number of para-hydroxylation sites is 1. The summed E-state index contributed by atoms with van der Waals surface area (Å²) >= 11 is 0. The van der Waals surface area contributed by atoms with Crippen LogP contribution in [-0.4, -0.2) is 11.7 Å². The predicted molar refractivity (Wildman–Crippen MR) is 86.0 cm³/mol. The summed E-state index contributed by atoms with van der Waals surface area (Å²) in [6.07, 6.45) is 2.15. The lowest BCUT2D eigenvalue weighted by molar-refractivity contribution is 0.282. The van der Waals surface area contributed by atoms with E-state index in [-0.39, 0.29) is 12.6 Å². The van der Waals surface area contributed by atoms with Crippen molar-refractivity contribution in [2.75, 3.05) is 11.4 Å². The molecule has 0 radical (unpaired) electrons. The Labute approximate surface area is 126 Å². The molecule has 0 aliphatic carbocycles. The molecule has 0 aromatic heterocycles. The Morgan fingerprint density at radius 2 is 1.76 bits per heavy atom. The molecule has 3 rings (SSSR count). The molecule has 2 aromatic rings. The second kappa shape index (κ2) is 6.29. The Morgan fingerprint density at radius 3 is 2.52 bits per heavy atom. The lowest BCUT2D eigenvalue weighted by atomic mass is 10.0. The highest BCUT2D eigenvalue weighted by molar-refractivity contribution is 5.56. The van der Waals surface area contributed by atoms with Gasteiger partial charge in [0.15, 0.2) is 0 Å². The molecule has 0 spiro atoms. The van der Waals surface area contributed by atoms with Crippen LogP contribution < -0.4 is 10.6 Å². The molecular formula is C18H22N2O. The Bertz CT molecular complexity index is 594. The van der Waals surface area contributed by atoms with Crippen molar-refractivity contribution in [3.63, 3.8) is 0 Å². The van der Waals surface area contributed by atoms with Crippen LogP contribution >= 0.6 is 0 Å². The number of fused-ring (bicyclic) bond motifs is 1. The number of anilines is 1. The SMILES string of the molecule is NC1CCCN(Cc2ccc(CO)cc2)c2ccccc21. The van der Waals surface area contributed by atoms with Gasteiger partial charge in [0.25, 0.3) is 0 Å². The maximum atomic E-state index is 9.12. The first kappa shape index (κ1) is 14.1. The second-order valence-corrected chi connectivity index (χ2v) is 5.70. The summed E-state index contributed by atoms with van der Waals surface area (Å²) in [6, 6.07) is 16.8. The average Bonchev–Trinajstić information content (AvgIpc) is 2.69. The minimum Gasteiger partial charge on any atom is -0.392 e. The largest absolute Gasteiger partial charge is 0.392 e. The molecular weight excluding hydrogens is 260 g/mol. The minimum absolute atomic E-state index is 0.0989. The molecule has 1 aliphatic rings. The zero-order valence-electron chi connectivity index (χ0n) is 12.2. The molecule has 1 heterocycles. The Kier molecular flexibility index (Phi) is 4.23. The Hall–Kier alpha value is -1.84. The normalized spacial score (nSPS) is 18.2. The van der Waals surface area contributed by atoms with Gasteiger partial charge in [-0.25, -0.2) is 0 Å². The van der Waals surface area contributed by atoms with Crippen LogP contribution in [0.3, 0.4) is 0 Å². The van der Waals surface area contributed by atoms with Gasteiger partial charge in [-0.3, -0.25) is 0 Å². The van der Waals surface area contributed by atoms with Gasteiger partial charge in [0.1, 0.15) is 0 Å². The van der Waals surface area contributed by atoms with E-state index in [0.29, 0.717) is 0 Å². The van der Waals surface area contributed by atoms with Gasteiger partial charge in [-0.15, -0.1) is 0 Å². The van der Waals surface area contributed by atoms with Crippen molar-refractivity contribution in [1.29, 1.82) is 0 Å². The summed E-state index contributed by atoms with van der Waals surface area (Å²) in [6.45, 7) is 2.02. The van der Waals surface area contributed by atoms with Crippen LogP contribution in [-0.2, 0) is 13.2 Å².